The Hall–Kier alpha value is -3.57. The van der Waals surface area contributed by atoms with Gasteiger partial charge in [-0.3, -0.25) is 9.59 Å². The first-order chi connectivity index (χ1) is 17.4. The fourth-order valence-corrected chi connectivity index (χ4v) is 3.65. The second-order valence-electron chi connectivity index (χ2n) is 9.63. The van der Waals surface area contributed by atoms with Crippen molar-refractivity contribution in [2.24, 2.45) is 5.92 Å². The summed E-state index contributed by atoms with van der Waals surface area (Å²) in [6, 6.07) is 12.3. The number of rotatable bonds is 8. The van der Waals surface area contributed by atoms with Gasteiger partial charge in [-0.2, -0.15) is 26.3 Å². The van der Waals surface area contributed by atoms with Gasteiger partial charge in [-0.15, -0.1) is 0 Å². The number of hydrogen-bond donors (Lipinski definition) is 2. The van der Waals surface area contributed by atoms with Crippen molar-refractivity contribution < 1.29 is 45.5 Å². The maximum atomic E-state index is 14.2. The summed E-state index contributed by atoms with van der Waals surface area (Å²) in [5.41, 5.74) is -6.05. The van der Waals surface area contributed by atoms with Crippen molar-refractivity contribution in [2.45, 2.75) is 63.7 Å². The molecule has 0 radical (unpaired) electrons. The number of carbonyl (C=O) groups excluding carboxylic acids is 3. The number of benzene rings is 2. The number of carbonyl (C=O) groups is 3. The average molecular weight is 547 g/mol. The molecular weight excluding hydrogens is 518 g/mol. The molecule has 0 unspecified atom stereocenters. The van der Waals surface area contributed by atoms with E-state index in [-0.39, 0.29) is 6.42 Å². The van der Waals surface area contributed by atoms with Crippen molar-refractivity contribution in [1.82, 2.24) is 10.6 Å². The Labute approximate surface area is 215 Å². The van der Waals surface area contributed by atoms with Gasteiger partial charge in [0.05, 0.1) is 5.92 Å². The third-order valence-electron chi connectivity index (χ3n) is 5.57. The maximum Gasteiger partial charge on any atom is 0.421 e. The van der Waals surface area contributed by atoms with Gasteiger partial charge in [-0.25, -0.2) is 4.79 Å². The zero-order valence-electron chi connectivity index (χ0n) is 21.0. The summed E-state index contributed by atoms with van der Waals surface area (Å²) in [5, 5.41) is 3.02. The second-order valence-corrected chi connectivity index (χ2v) is 9.63. The van der Waals surface area contributed by atoms with E-state index in [1.54, 1.807) is 30.3 Å². The minimum Gasteiger partial charge on any atom is -0.458 e. The van der Waals surface area contributed by atoms with Crippen LogP contribution in [0.25, 0.3) is 0 Å². The largest absolute Gasteiger partial charge is 0.458 e. The topological polar surface area (TPSA) is 84.5 Å². The summed E-state index contributed by atoms with van der Waals surface area (Å²) in [7, 11) is 0. The molecule has 0 aromatic heterocycles. The average Bonchev–Trinajstić information content (AvgIpc) is 2.80. The van der Waals surface area contributed by atoms with Crippen molar-refractivity contribution in [3.05, 3.63) is 71.8 Å². The van der Waals surface area contributed by atoms with Crippen LogP contribution in [0.1, 0.15) is 43.6 Å². The van der Waals surface area contributed by atoms with E-state index >= 15 is 0 Å². The zero-order valence-corrected chi connectivity index (χ0v) is 21.0. The minimum absolute atomic E-state index is 0.268. The number of halogens is 6. The lowest BCUT2D eigenvalue weighted by Crippen LogP contribution is -2.73. The highest BCUT2D eigenvalue weighted by Gasteiger charge is 2.75. The summed E-state index contributed by atoms with van der Waals surface area (Å²) in [6.45, 7) is 4.90. The molecule has 6 nitrogen and oxygen atoms in total. The number of esters is 1. The van der Waals surface area contributed by atoms with Crippen LogP contribution in [-0.2, 0) is 20.7 Å². The quantitative estimate of drug-likeness (QED) is 0.361. The van der Waals surface area contributed by atoms with Crippen LogP contribution in [0.4, 0.5) is 26.3 Å². The van der Waals surface area contributed by atoms with Gasteiger partial charge in [0.25, 0.3) is 5.91 Å². The molecule has 2 rings (SSSR count). The molecule has 0 fully saturated rings. The molecule has 0 saturated heterocycles. The highest BCUT2D eigenvalue weighted by atomic mass is 19.4. The van der Waals surface area contributed by atoms with Crippen LogP contribution in [0.5, 0.6) is 0 Å². The predicted molar refractivity (Wildman–Crippen MR) is 126 cm³/mol. The first kappa shape index (κ1) is 30.7. The minimum atomic E-state index is -6.15. The molecule has 0 spiro atoms. The highest BCUT2D eigenvalue weighted by molar-refractivity contribution is 5.95. The van der Waals surface area contributed by atoms with Crippen molar-refractivity contribution in [2.75, 3.05) is 0 Å². The molecule has 12 heteroatoms. The summed E-state index contributed by atoms with van der Waals surface area (Å²) in [5.74, 6) is -7.44. The first-order valence-electron chi connectivity index (χ1n) is 11.5. The molecule has 0 aliphatic heterocycles. The fraction of sp³-hybridized carbons (Fsp3) is 0.423. The Balaban J connectivity index is 2.49. The smallest absolute Gasteiger partial charge is 0.421 e. The van der Waals surface area contributed by atoms with Crippen molar-refractivity contribution in [3.8, 4) is 0 Å². The molecule has 2 aromatic carbocycles. The predicted octanol–water partition coefficient (Wildman–Crippen LogP) is 4.99. The monoisotopic (exact) mass is 546 g/mol. The number of nitrogens with one attached hydrogen (secondary N) is 2. The molecule has 2 atom stereocenters. The molecule has 0 aliphatic carbocycles. The number of ether oxygens (including phenoxy) is 1. The van der Waals surface area contributed by atoms with Crippen LogP contribution >= 0.6 is 0 Å². The molecule has 0 bridgehead atoms. The van der Waals surface area contributed by atoms with Crippen LogP contribution in [0, 0.1) is 5.92 Å². The van der Waals surface area contributed by atoms with Gasteiger partial charge in [0.1, 0.15) is 11.6 Å². The fourth-order valence-electron chi connectivity index (χ4n) is 3.65. The Bertz CT molecular complexity index is 1100. The lowest BCUT2D eigenvalue weighted by atomic mass is 9.82. The number of amides is 2. The molecule has 2 N–H and O–H groups in total. The normalized spacial score (nSPS) is 14.3. The molecule has 208 valence electrons. The lowest BCUT2D eigenvalue weighted by Gasteiger charge is -2.41. The summed E-state index contributed by atoms with van der Waals surface area (Å²) < 4.78 is 90.5. The van der Waals surface area contributed by atoms with Gasteiger partial charge in [0.2, 0.25) is 11.4 Å². The van der Waals surface area contributed by atoms with Crippen LogP contribution in [0.3, 0.4) is 0 Å². The summed E-state index contributed by atoms with van der Waals surface area (Å²) >= 11 is 0. The van der Waals surface area contributed by atoms with Gasteiger partial charge >= 0.3 is 18.3 Å². The van der Waals surface area contributed by atoms with Gasteiger partial charge in [-0.05, 0) is 38.5 Å². The van der Waals surface area contributed by atoms with Crippen LogP contribution < -0.4 is 10.6 Å². The van der Waals surface area contributed by atoms with E-state index in [1.807, 2.05) is 5.32 Å². The van der Waals surface area contributed by atoms with E-state index in [2.05, 4.69) is 0 Å². The second kappa shape index (κ2) is 11.4. The third kappa shape index (κ3) is 7.26. The van der Waals surface area contributed by atoms with E-state index in [0.717, 1.165) is 17.4 Å². The Morgan fingerprint density at radius 3 is 1.74 bits per heavy atom. The SMILES string of the molecule is C[C@@H](C(=O)N[C@@H](Cc1ccccc1)C(=O)OC(C)(C)C)C(NC(=O)c1ccccc1)(C(F)(F)F)C(F)(F)F. The molecule has 2 aromatic rings. The molecule has 0 aliphatic rings. The van der Waals surface area contributed by atoms with Gasteiger partial charge in [0, 0.05) is 12.0 Å². The van der Waals surface area contributed by atoms with Crippen molar-refractivity contribution in [3.63, 3.8) is 0 Å². The Kier molecular flexibility index (Phi) is 9.23. The number of hydrogen-bond acceptors (Lipinski definition) is 4. The van der Waals surface area contributed by atoms with Gasteiger partial charge < -0.3 is 15.4 Å². The van der Waals surface area contributed by atoms with Crippen LogP contribution in [0.15, 0.2) is 60.7 Å². The maximum absolute atomic E-state index is 14.2. The lowest BCUT2D eigenvalue weighted by molar-refractivity contribution is -0.315. The van der Waals surface area contributed by atoms with Gasteiger partial charge in [-0.1, -0.05) is 55.5 Å². The molecule has 2 amide bonds. The summed E-state index contributed by atoms with van der Waals surface area (Å²) in [6.07, 6.45) is -12.6. The molecular formula is C26H28F6N2O4. The molecule has 0 saturated carbocycles. The standard InChI is InChI=1S/C26H28F6N2O4/c1-16(20(35)33-19(22(37)38-23(2,3)4)15-17-11-7-5-8-12-17)24(25(27,28)29,26(30,31)32)34-21(36)18-13-9-6-10-14-18/h5-14,16,19H,15H2,1-4H3,(H,33,35)(H,34,36)/t16-,19-/m0/s1. The third-order valence-corrected chi connectivity index (χ3v) is 5.57. The van der Waals surface area contributed by atoms with Gasteiger partial charge in [0.15, 0.2) is 0 Å². The van der Waals surface area contributed by atoms with Crippen molar-refractivity contribution in [1.29, 1.82) is 0 Å². The molecule has 38 heavy (non-hydrogen) atoms. The van der Waals surface area contributed by atoms with E-state index < -0.39 is 58.8 Å². The summed E-state index contributed by atoms with van der Waals surface area (Å²) in [4.78, 5) is 38.3. The molecule has 0 heterocycles. The highest BCUT2D eigenvalue weighted by Crippen LogP contribution is 2.48. The first-order valence-corrected chi connectivity index (χ1v) is 11.5. The number of alkyl halides is 6. The van der Waals surface area contributed by atoms with Crippen LogP contribution in [-0.4, -0.2) is 47.3 Å². The van der Waals surface area contributed by atoms with E-state index in [0.29, 0.717) is 12.5 Å². The Morgan fingerprint density at radius 2 is 1.29 bits per heavy atom. The van der Waals surface area contributed by atoms with E-state index in [4.69, 9.17) is 4.74 Å². The van der Waals surface area contributed by atoms with Crippen molar-refractivity contribution >= 4 is 17.8 Å². The van der Waals surface area contributed by atoms with E-state index in [1.165, 1.54) is 39.0 Å². The van der Waals surface area contributed by atoms with E-state index in [9.17, 15) is 40.7 Å². The van der Waals surface area contributed by atoms with Crippen LogP contribution in [0.2, 0.25) is 0 Å². The Morgan fingerprint density at radius 1 is 0.816 bits per heavy atom. The zero-order chi connectivity index (χ0) is 28.9.